The summed E-state index contributed by atoms with van der Waals surface area (Å²) < 4.78 is 10.5. The van der Waals surface area contributed by atoms with E-state index in [2.05, 4.69) is 15.3 Å². The number of nitrogens with two attached hydrogens (primary N) is 1. The van der Waals surface area contributed by atoms with E-state index < -0.39 is 0 Å². The first-order valence-electron chi connectivity index (χ1n) is 6.26. The quantitative estimate of drug-likeness (QED) is 0.834. The van der Waals surface area contributed by atoms with Crippen LogP contribution < -0.4 is 20.5 Å². The standard InChI is InChI=1S/C14H18N4O2/c1-19-11-6-4-3-5-10(11)7-8-16-14-12(20-2)13(15)17-9-18-14/h3-6,9H,7-8H2,1-2H3,(H3,15,16,17,18). The number of benzene rings is 1. The fraction of sp³-hybridized carbons (Fsp3) is 0.286. The molecule has 0 aliphatic rings. The molecule has 0 aliphatic carbocycles. The molecule has 0 saturated heterocycles. The predicted octanol–water partition coefficient (Wildman–Crippen LogP) is 1.73. The Balaban J connectivity index is 2.01. The Hall–Kier alpha value is -2.50. The van der Waals surface area contributed by atoms with Crippen LogP contribution in [0.2, 0.25) is 0 Å². The van der Waals surface area contributed by atoms with Gasteiger partial charge in [-0.1, -0.05) is 18.2 Å². The van der Waals surface area contributed by atoms with E-state index in [-0.39, 0.29) is 0 Å². The highest BCUT2D eigenvalue weighted by atomic mass is 16.5. The van der Waals surface area contributed by atoms with E-state index in [0.29, 0.717) is 23.9 Å². The molecular weight excluding hydrogens is 256 g/mol. The lowest BCUT2D eigenvalue weighted by molar-refractivity contribution is 0.409. The molecule has 6 heteroatoms. The van der Waals surface area contributed by atoms with E-state index in [1.165, 1.54) is 6.33 Å². The van der Waals surface area contributed by atoms with Gasteiger partial charge in [-0.15, -0.1) is 0 Å². The molecule has 3 N–H and O–H groups in total. The van der Waals surface area contributed by atoms with Gasteiger partial charge in [-0.3, -0.25) is 0 Å². The zero-order valence-electron chi connectivity index (χ0n) is 11.6. The van der Waals surface area contributed by atoms with Crippen molar-refractivity contribution in [2.24, 2.45) is 0 Å². The van der Waals surface area contributed by atoms with Crippen molar-refractivity contribution in [3.8, 4) is 11.5 Å². The van der Waals surface area contributed by atoms with Crippen LogP contribution in [-0.2, 0) is 6.42 Å². The van der Waals surface area contributed by atoms with Crippen molar-refractivity contribution in [3.63, 3.8) is 0 Å². The van der Waals surface area contributed by atoms with Gasteiger partial charge in [0, 0.05) is 6.54 Å². The molecule has 6 nitrogen and oxygen atoms in total. The zero-order valence-corrected chi connectivity index (χ0v) is 11.6. The summed E-state index contributed by atoms with van der Waals surface area (Å²) in [5.74, 6) is 2.26. The van der Waals surface area contributed by atoms with Crippen LogP contribution in [0.1, 0.15) is 5.56 Å². The summed E-state index contributed by atoms with van der Waals surface area (Å²) in [7, 11) is 3.21. The fourth-order valence-electron chi connectivity index (χ4n) is 1.94. The van der Waals surface area contributed by atoms with Gasteiger partial charge in [0.1, 0.15) is 12.1 Å². The summed E-state index contributed by atoms with van der Waals surface area (Å²) in [5.41, 5.74) is 6.85. The summed E-state index contributed by atoms with van der Waals surface area (Å²) in [4.78, 5) is 8.01. The highest BCUT2D eigenvalue weighted by molar-refractivity contribution is 5.61. The molecule has 2 aromatic rings. The lowest BCUT2D eigenvalue weighted by atomic mass is 10.1. The molecule has 1 heterocycles. The minimum absolute atomic E-state index is 0.322. The maximum Gasteiger partial charge on any atom is 0.203 e. The SMILES string of the molecule is COc1ccccc1CCNc1ncnc(N)c1OC. The van der Waals surface area contributed by atoms with Crippen molar-refractivity contribution >= 4 is 11.6 Å². The van der Waals surface area contributed by atoms with E-state index in [1.807, 2.05) is 24.3 Å². The molecule has 0 spiro atoms. The summed E-state index contributed by atoms with van der Waals surface area (Å²) in [6.45, 7) is 0.688. The van der Waals surface area contributed by atoms with Crippen LogP contribution >= 0.6 is 0 Å². The fourth-order valence-corrected chi connectivity index (χ4v) is 1.94. The molecule has 0 amide bonds. The molecule has 106 valence electrons. The van der Waals surface area contributed by atoms with Gasteiger partial charge in [-0.25, -0.2) is 9.97 Å². The summed E-state index contributed by atoms with van der Waals surface area (Å²) >= 11 is 0. The Kier molecular flexibility index (Phi) is 4.60. The van der Waals surface area contributed by atoms with Crippen LogP contribution in [-0.4, -0.2) is 30.7 Å². The van der Waals surface area contributed by atoms with Crippen LogP contribution in [0.15, 0.2) is 30.6 Å². The Morgan fingerprint density at radius 3 is 2.70 bits per heavy atom. The van der Waals surface area contributed by atoms with Crippen molar-refractivity contribution in [3.05, 3.63) is 36.2 Å². The largest absolute Gasteiger partial charge is 0.496 e. The van der Waals surface area contributed by atoms with Crippen molar-refractivity contribution < 1.29 is 9.47 Å². The van der Waals surface area contributed by atoms with Crippen LogP contribution in [0.3, 0.4) is 0 Å². The first kappa shape index (κ1) is 13.9. The number of hydrogen-bond donors (Lipinski definition) is 2. The van der Waals surface area contributed by atoms with E-state index >= 15 is 0 Å². The zero-order chi connectivity index (χ0) is 14.4. The molecule has 0 fully saturated rings. The number of nitrogens with zero attached hydrogens (tertiary/aromatic N) is 2. The van der Waals surface area contributed by atoms with Gasteiger partial charge in [-0.05, 0) is 18.1 Å². The van der Waals surface area contributed by atoms with Crippen molar-refractivity contribution in [1.82, 2.24) is 9.97 Å². The highest BCUT2D eigenvalue weighted by Gasteiger charge is 2.09. The number of ether oxygens (including phenoxy) is 2. The minimum Gasteiger partial charge on any atom is -0.496 e. The molecule has 0 saturated carbocycles. The molecule has 20 heavy (non-hydrogen) atoms. The van der Waals surface area contributed by atoms with Gasteiger partial charge in [0.15, 0.2) is 11.6 Å². The van der Waals surface area contributed by atoms with Gasteiger partial charge in [0.25, 0.3) is 0 Å². The summed E-state index contributed by atoms with van der Waals surface area (Å²) in [5, 5.41) is 3.19. The maximum atomic E-state index is 5.72. The lowest BCUT2D eigenvalue weighted by Gasteiger charge is -2.12. The van der Waals surface area contributed by atoms with Crippen LogP contribution in [0, 0.1) is 0 Å². The van der Waals surface area contributed by atoms with E-state index in [4.69, 9.17) is 15.2 Å². The van der Waals surface area contributed by atoms with Crippen LogP contribution in [0.4, 0.5) is 11.6 Å². The Morgan fingerprint density at radius 2 is 1.95 bits per heavy atom. The van der Waals surface area contributed by atoms with E-state index in [9.17, 15) is 0 Å². The van der Waals surface area contributed by atoms with Gasteiger partial charge in [0.05, 0.1) is 14.2 Å². The second kappa shape index (κ2) is 6.60. The third kappa shape index (κ3) is 3.09. The normalized spacial score (nSPS) is 10.1. The molecular formula is C14H18N4O2. The Morgan fingerprint density at radius 1 is 1.15 bits per heavy atom. The lowest BCUT2D eigenvalue weighted by Crippen LogP contribution is -2.10. The third-order valence-electron chi connectivity index (χ3n) is 2.91. The number of aromatic nitrogens is 2. The highest BCUT2D eigenvalue weighted by Crippen LogP contribution is 2.26. The first-order valence-corrected chi connectivity index (χ1v) is 6.26. The molecule has 0 atom stereocenters. The Bertz CT molecular complexity index is 575. The van der Waals surface area contributed by atoms with Crippen molar-refractivity contribution in [1.29, 1.82) is 0 Å². The molecule has 2 rings (SSSR count). The van der Waals surface area contributed by atoms with Crippen LogP contribution in [0.25, 0.3) is 0 Å². The number of para-hydroxylation sites is 1. The number of anilines is 2. The second-order valence-electron chi connectivity index (χ2n) is 4.13. The summed E-state index contributed by atoms with van der Waals surface area (Å²) in [6.07, 6.45) is 2.21. The molecule has 0 unspecified atom stereocenters. The molecule has 0 aliphatic heterocycles. The van der Waals surface area contributed by atoms with Crippen LogP contribution in [0.5, 0.6) is 11.5 Å². The molecule has 0 bridgehead atoms. The second-order valence-corrected chi connectivity index (χ2v) is 4.13. The van der Waals surface area contributed by atoms with Gasteiger partial charge in [0.2, 0.25) is 5.75 Å². The van der Waals surface area contributed by atoms with Gasteiger partial charge in [-0.2, -0.15) is 0 Å². The number of nitrogen functional groups attached to an aromatic ring is 1. The number of methoxy groups -OCH3 is 2. The average Bonchev–Trinajstić information content (AvgIpc) is 2.48. The molecule has 0 radical (unpaired) electrons. The van der Waals surface area contributed by atoms with Gasteiger partial charge < -0.3 is 20.5 Å². The minimum atomic E-state index is 0.322. The van der Waals surface area contributed by atoms with E-state index in [1.54, 1.807) is 14.2 Å². The van der Waals surface area contributed by atoms with E-state index in [0.717, 1.165) is 17.7 Å². The smallest absolute Gasteiger partial charge is 0.203 e. The predicted molar refractivity (Wildman–Crippen MR) is 78.2 cm³/mol. The van der Waals surface area contributed by atoms with Gasteiger partial charge >= 0.3 is 0 Å². The van der Waals surface area contributed by atoms with Crippen molar-refractivity contribution in [2.45, 2.75) is 6.42 Å². The number of hydrogen-bond acceptors (Lipinski definition) is 6. The topological polar surface area (TPSA) is 82.3 Å². The average molecular weight is 274 g/mol. The molecule has 1 aromatic carbocycles. The summed E-state index contributed by atoms with van der Waals surface area (Å²) in [6, 6.07) is 7.91. The number of rotatable bonds is 6. The third-order valence-corrected chi connectivity index (χ3v) is 2.91. The number of nitrogens with one attached hydrogen (secondary N) is 1. The molecule has 1 aromatic heterocycles. The Labute approximate surface area is 118 Å². The monoisotopic (exact) mass is 274 g/mol. The van der Waals surface area contributed by atoms with Crippen molar-refractivity contribution in [2.75, 3.05) is 31.8 Å². The first-order chi connectivity index (χ1) is 9.76. The maximum absolute atomic E-state index is 5.72.